The number of methoxy groups -OCH3 is 3. The summed E-state index contributed by atoms with van der Waals surface area (Å²) in [5, 5.41) is 12.4. The number of fused-ring (bicyclic) bond motifs is 20. The second kappa shape index (κ2) is 33.0. The summed E-state index contributed by atoms with van der Waals surface area (Å²) >= 11 is 0. The van der Waals surface area contributed by atoms with Gasteiger partial charge >= 0.3 is 25.4 Å². The van der Waals surface area contributed by atoms with Crippen LogP contribution in [0.25, 0.3) is 89.7 Å². The minimum absolute atomic E-state index is 0. The maximum absolute atomic E-state index is 12.0. The van der Waals surface area contributed by atoms with Gasteiger partial charge in [0, 0.05) is 78.2 Å². The van der Waals surface area contributed by atoms with Crippen LogP contribution < -0.4 is 43.1 Å². The summed E-state index contributed by atoms with van der Waals surface area (Å²) < 4.78 is 47.0. The molecule has 0 amide bonds. The number of hydrogen-bond acceptors (Lipinski definition) is 14. The maximum atomic E-state index is 12.0. The zero-order chi connectivity index (χ0) is 80.9. The Hall–Kier alpha value is -10.2. The van der Waals surface area contributed by atoms with Gasteiger partial charge in [-0.25, -0.2) is 14.8 Å². The molecule has 8 aromatic carbocycles. The fourth-order valence-corrected chi connectivity index (χ4v) is 17.2. The van der Waals surface area contributed by atoms with Crippen molar-refractivity contribution in [2.75, 3.05) is 21.3 Å². The van der Waals surface area contributed by atoms with Gasteiger partial charge in [-0.05, 0) is 226 Å². The van der Waals surface area contributed by atoms with E-state index in [0.29, 0.717) is 118 Å². The Bertz CT molecular complexity index is 5540. The van der Waals surface area contributed by atoms with Gasteiger partial charge in [-0.2, -0.15) is 0 Å². The van der Waals surface area contributed by atoms with E-state index in [1.54, 1.807) is 33.5 Å². The molecule has 3 aromatic heterocycles. The minimum Gasteiger partial charge on any atom is -0.496 e. The summed E-state index contributed by atoms with van der Waals surface area (Å²) in [7, 11) is 5.26. The fraction of sp³-hybridized carbons (Fsp3) is 0.406. The molecular weight excluding hydrogens is 1470 g/mol. The van der Waals surface area contributed by atoms with Crippen molar-refractivity contribution in [2.24, 2.45) is 0 Å². The molecule has 0 aliphatic carbocycles. The van der Waals surface area contributed by atoms with Gasteiger partial charge in [0.2, 0.25) is 0 Å². The summed E-state index contributed by atoms with van der Waals surface area (Å²) in [5.74, 6) is 7.58. The maximum Gasteiger partial charge on any atom is 2.00 e. The first kappa shape index (κ1) is 83.2. The topological polar surface area (TPSA) is 207 Å². The Kier molecular flexibility index (Phi) is 24.1. The van der Waals surface area contributed by atoms with Crippen molar-refractivity contribution in [1.29, 1.82) is 0 Å². The van der Waals surface area contributed by atoms with E-state index in [1.807, 2.05) is 72.8 Å². The Morgan fingerprint density at radius 3 is 0.860 bits per heavy atom. The van der Waals surface area contributed by atoms with E-state index in [9.17, 15) is 9.90 Å². The SMILES string of the molecule is CCCC(C)(C)c1cc(Oc2ccc3c(c2)-c2nc-3nc3[n-]c(nc4nc(nc5[n-]c(n2)c2ccc(Oc6cc(C(C)(C)CCC)c(OC)cc6C(C)(C)CCC)cc52)-c2ccc(Oc5ccc(C(=O)O)cc5)cc2-4)c2ccc(Oc4cc(C(C)(C)CCC)c(OC)cc4C(C)(C)CCC)cc32)c(C(C)(C)CCC)cc1OC.[Zn+2]. The van der Waals surface area contributed by atoms with E-state index in [2.05, 4.69) is 161 Å². The molecule has 0 saturated heterocycles. The van der Waals surface area contributed by atoms with Crippen molar-refractivity contribution in [3.63, 3.8) is 0 Å². The van der Waals surface area contributed by atoms with Crippen molar-refractivity contribution in [3.8, 4) is 109 Å². The van der Waals surface area contributed by atoms with Gasteiger partial charge < -0.3 is 68.2 Å². The van der Waals surface area contributed by atoms with Crippen molar-refractivity contribution < 1.29 is 62.5 Å². The molecule has 0 saturated carbocycles. The number of carbonyl (C=O) groups is 1. The molecule has 0 spiro atoms. The van der Waals surface area contributed by atoms with Crippen LogP contribution in [-0.2, 0) is 52.0 Å². The van der Waals surface area contributed by atoms with Gasteiger partial charge in [-0.15, -0.1) is 0 Å². The fourth-order valence-electron chi connectivity index (χ4n) is 17.2. The van der Waals surface area contributed by atoms with E-state index < -0.39 is 5.97 Å². The van der Waals surface area contributed by atoms with Crippen LogP contribution in [0, 0.1) is 0 Å². The first-order chi connectivity index (χ1) is 53.8. The molecule has 0 atom stereocenters. The molecule has 0 unspecified atom stereocenters. The smallest absolute Gasteiger partial charge is 0.496 e. The van der Waals surface area contributed by atoms with Crippen LogP contribution in [0.5, 0.6) is 63.2 Å². The molecule has 13 rings (SSSR count). The number of carboxylic acid groups (broad SMARTS) is 1. The molecule has 11 aromatic rings. The molecule has 590 valence electrons. The average molecular weight is 1590 g/mol. The van der Waals surface area contributed by atoms with Crippen LogP contribution >= 0.6 is 0 Å². The molecule has 5 heterocycles. The van der Waals surface area contributed by atoms with E-state index in [0.717, 1.165) is 145 Å². The Morgan fingerprint density at radius 1 is 0.307 bits per heavy atom. The number of aromatic carboxylic acids is 1. The molecule has 114 heavy (non-hydrogen) atoms. The van der Waals surface area contributed by atoms with Crippen LogP contribution in [0.4, 0.5) is 0 Å². The molecule has 8 bridgehead atoms. The Balaban J connectivity index is 0.0000120. The van der Waals surface area contributed by atoms with E-state index in [4.69, 9.17) is 73.0 Å². The molecule has 0 fully saturated rings. The molecule has 1 N–H and O–H groups in total. The van der Waals surface area contributed by atoms with Crippen LogP contribution in [0.15, 0.2) is 133 Å². The predicted molar refractivity (Wildman–Crippen MR) is 454 cm³/mol. The predicted octanol–water partition coefficient (Wildman–Crippen LogP) is 25.5. The summed E-state index contributed by atoms with van der Waals surface area (Å²) in [6.07, 6.45) is 11.4. The number of rotatable bonds is 30. The van der Waals surface area contributed by atoms with E-state index >= 15 is 0 Å². The second-order valence-corrected chi connectivity index (χ2v) is 34.5. The third kappa shape index (κ3) is 16.6. The number of hydrogen-bond donors (Lipinski definition) is 1. The van der Waals surface area contributed by atoms with Gasteiger partial charge in [0.05, 0.1) is 50.2 Å². The summed E-state index contributed by atoms with van der Waals surface area (Å²) in [5.41, 5.74) is 8.81. The normalized spacial score (nSPS) is 12.5. The minimum atomic E-state index is -1.04. The van der Waals surface area contributed by atoms with Gasteiger partial charge in [0.1, 0.15) is 63.2 Å². The van der Waals surface area contributed by atoms with Crippen LogP contribution in [0.2, 0.25) is 0 Å². The summed E-state index contributed by atoms with van der Waals surface area (Å²) in [6.45, 7) is 40.5. The Labute approximate surface area is 685 Å². The van der Waals surface area contributed by atoms with Crippen LogP contribution in [-0.4, -0.2) is 62.3 Å². The number of benzene rings is 8. The van der Waals surface area contributed by atoms with Crippen LogP contribution in [0.1, 0.15) is 245 Å². The quantitative estimate of drug-likeness (QED) is 0.0415. The number of aromatic nitrogens is 8. The van der Waals surface area contributed by atoms with Gasteiger partial charge in [-0.1, -0.05) is 163 Å². The monoisotopic (exact) mass is 1580 g/mol. The molecule has 17 nitrogen and oxygen atoms in total. The number of carboxylic acids is 1. The third-order valence-corrected chi connectivity index (χ3v) is 23.1. The standard InChI is InChI=1S/C96H111N8O9.Zn/c1-22-40-91(7,8)70-53-79(73(50-76(70)107-19)94(13,14)43-25-4)111-59-33-37-63-67(47-59)88-100-83(63)98-86-66-46-58(110-57-30-28-56(29-31-57)90(105)106)32-36-62(66)82(97-86)99-87-68-48-60(112-80-54-71(92(9,10)41-23-2)77(108-20)51-74(80)95(15,16)44-26-5)34-38-64(68)84(101-87)103-89-69-49-61(35-39-65(69)85(102-88)104-89)113-81-55-72(93(11,12)42-24-3)78(109-21)52-75(81)96(17,18)45-27-6;/h28-39,46-55H,22-27,40-45H2,1-21H3,(H2-,97,98,99,100,101,102,103,104,105,106);/q-1;+2/p-1. The molecule has 18 heteroatoms. The average Bonchev–Trinajstić information content (AvgIpc) is 1.63. The Morgan fingerprint density at radius 2 is 0.561 bits per heavy atom. The van der Waals surface area contributed by atoms with Crippen molar-refractivity contribution in [2.45, 2.75) is 234 Å². The zero-order valence-electron chi connectivity index (χ0n) is 70.7. The van der Waals surface area contributed by atoms with Crippen LogP contribution in [0.3, 0.4) is 0 Å². The molecule has 2 aliphatic rings. The van der Waals surface area contributed by atoms with Crippen molar-refractivity contribution >= 4 is 50.1 Å². The van der Waals surface area contributed by atoms with Crippen molar-refractivity contribution in [1.82, 2.24) is 39.9 Å². The number of nitrogens with zero attached hydrogens (tertiary/aromatic N) is 8. The summed E-state index contributed by atoms with van der Waals surface area (Å²) in [4.78, 5) is 55.5. The first-order valence-electron chi connectivity index (χ1n) is 40.3. The van der Waals surface area contributed by atoms with Gasteiger partial charge in [0.15, 0.2) is 0 Å². The molecule has 2 aliphatic heterocycles. The zero-order valence-corrected chi connectivity index (χ0v) is 73.7. The van der Waals surface area contributed by atoms with Gasteiger partial charge in [-0.3, -0.25) is 0 Å². The van der Waals surface area contributed by atoms with Gasteiger partial charge in [0.25, 0.3) is 0 Å². The molecule has 0 radical (unpaired) electrons. The summed E-state index contributed by atoms with van der Waals surface area (Å²) in [6, 6.07) is 42.8. The number of ether oxygens (including phenoxy) is 7. The largest absolute Gasteiger partial charge is 2.00 e. The first-order valence-corrected chi connectivity index (χ1v) is 40.3. The second-order valence-electron chi connectivity index (χ2n) is 34.5. The van der Waals surface area contributed by atoms with E-state index in [1.165, 1.54) is 12.1 Å². The van der Waals surface area contributed by atoms with Crippen molar-refractivity contribution in [3.05, 3.63) is 172 Å². The molecular formula is C96H110N8O9Zn. The third-order valence-electron chi connectivity index (χ3n) is 23.1. The van der Waals surface area contributed by atoms with E-state index in [-0.39, 0.29) is 57.5 Å².